The first-order chi connectivity index (χ1) is 12.0. The fourth-order valence-corrected chi connectivity index (χ4v) is 2.47. The zero-order chi connectivity index (χ0) is 18.2. The maximum absolute atomic E-state index is 12.5. The second kappa shape index (κ2) is 8.73. The van der Waals surface area contributed by atoms with Gasteiger partial charge in [-0.15, -0.1) is 0 Å². The minimum absolute atomic E-state index is 0.163. The molecular weight excluding hydrogens is 318 g/mol. The zero-order valence-electron chi connectivity index (χ0n) is 14.7. The number of carbonyl (C=O) groups is 2. The molecule has 6 nitrogen and oxygen atoms in total. The van der Waals surface area contributed by atoms with Gasteiger partial charge in [-0.2, -0.15) is 0 Å². The van der Waals surface area contributed by atoms with E-state index in [4.69, 9.17) is 4.74 Å². The van der Waals surface area contributed by atoms with E-state index in [2.05, 4.69) is 10.6 Å². The molecule has 2 N–H and O–H groups in total. The van der Waals surface area contributed by atoms with Gasteiger partial charge in [-0.3, -0.25) is 9.59 Å². The molecule has 0 aromatic heterocycles. The summed E-state index contributed by atoms with van der Waals surface area (Å²) in [5.74, 6) is 0.192. The average Bonchev–Trinajstić information content (AvgIpc) is 2.60. The molecular formula is C19H23N3O3. The molecule has 0 saturated carbocycles. The van der Waals surface area contributed by atoms with Crippen LogP contribution in [0.25, 0.3) is 0 Å². The van der Waals surface area contributed by atoms with Crippen LogP contribution in [0, 0.1) is 0 Å². The van der Waals surface area contributed by atoms with Crippen LogP contribution in [0.1, 0.15) is 13.8 Å². The number of anilines is 3. The monoisotopic (exact) mass is 341 g/mol. The normalized spacial score (nSPS) is 10.0. The van der Waals surface area contributed by atoms with Crippen LogP contribution in [0.15, 0.2) is 48.5 Å². The lowest BCUT2D eigenvalue weighted by Crippen LogP contribution is -2.33. The number of methoxy groups -OCH3 is 1. The zero-order valence-corrected chi connectivity index (χ0v) is 14.7. The quantitative estimate of drug-likeness (QED) is 0.812. The Kier molecular flexibility index (Phi) is 6.39. The Hall–Kier alpha value is -3.02. The summed E-state index contributed by atoms with van der Waals surface area (Å²) in [6.45, 7) is 4.36. The number of hydrogen-bond acceptors (Lipinski definition) is 4. The summed E-state index contributed by atoms with van der Waals surface area (Å²) in [4.78, 5) is 25.6. The van der Waals surface area contributed by atoms with Crippen molar-refractivity contribution in [3.05, 3.63) is 48.5 Å². The second-order valence-electron chi connectivity index (χ2n) is 5.49. The molecule has 6 heteroatoms. The van der Waals surface area contributed by atoms with Gasteiger partial charge in [0, 0.05) is 24.8 Å². The maximum Gasteiger partial charge on any atom is 0.243 e. The molecule has 0 aliphatic heterocycles. The van der Waals surface area contributed by atoms with Gasteiger partial charge >= 0.3 is 0 Å². The summed E-state index contributed by atoms with van der Waals surface area (Å²) in [5, 5.41) is 5.54. The highest BCUT2D eigenvalue weighted by Crippen LogP contribution is 2.28. The first-order valence-corrected chi connectivity index (χ1v) is 8.09. The predicted octanol–water partition coefficient (Wildman–Crippen LogP) is 3.12. The average molecular weight is 341 g/mol. The third-order valence-corrected chi connectivity index (χ3v) is 3.63. The molecule has 0 saturated heterocycles. The first-order valence-electron chi connectivity index (χ1n) is 8.09. The van der Waals surface area contributed by atoms with E-state index in [9.17, 15) is 9.59 Å². The van der Waals surface area contributed by atoms with E-state index in [-0.39, 0.29) is 18.4 Å². The van der Waals surface area contributed by atoms with Crippen molar-refractivity contribution in [2.24, 2.45) is 0 Å². The molecule has 2 rings (SSSR count). The van der Waals surface area contributed by atoms with Crippen molar-refractivity contribution in [3.8, 4) is 5.75 Å². The summed E-state index contributed by atoms with van der Waals surface area (Å²) in [7, 11) is 1.53. The third kappa shape index (κ3) is 5.24. The lowest BCUT2D eigenvalue weighted by molar-refractivity contribution is -0.115. The van der Waals surface area contributed by atoms with Crippen LogP contribution >= 0.6 is 0 Å². The number of benzene rings is 2. The van der Waals surface area contributed by atoms with Gasteiger partial charge in [-0.1, -0.05) is 18.2 Å². The number of rotatable bonds is 7. The van der Waals surface area contributed by atoms with Crippen molar-refractivity contribution in [1.29, 1.82) is 0 Å². The summed E-state index contributed by atoms with van der Waals surface area (Å²) in [5.41, 5.74) is 2.10. The highest BCUT2D eigenvalue weighted by molar-refractivity contribution is 5.97. The van der Waals surface area contributed by atoms with E-state index in [1.54, 1.807) is 18.2 Å². The Balaban J connectivity index is 2.12. The standard InChI is InChI=1S/C19H23N3O3/c1-4-22(16-8-6-5-7-9-16)13-19(24)21-17-12-15(20-14(2)23)10-11-18(17)25-3/h5-12H,4,13H2,1-3H3,(H,20,23)(H,21,24). The molecule has 0 unspecified atom stereocenters. The van der Waals surface area contributed by atoms with Gasteiger partial charge < -0.3 is 20.3 Å². The largest absolute Gasteiger partial charge is 0.495 e. The number of nitrogens with one attached hydrogen (secondary N) is 2. The van der Waals surface area contributed by atoms with Gasteiger partial charge in [-0.25, -0.2) is 0 Å². The number of carbonyl (C=O) groups excluding carboxylic acids is 2. The smallest absolute Gasteiger partial charge is 0.243 e. The lowest BCUT2D eigenvalue weighted by Gasteiger charge is -2.22. The van der Waals surface area contributed by atoms with Gasteiger partial charge in [0.05, 0.1) is 19.3 Å². The first kappa shape index (κ1) is 18.3. The molecule has 132 valence electrons. The van der Waals surface area contributed by atoms with Crippen molar-refractivity contribution < 1.29 is 14.3 Å². The number of para-hydroxylation sites is 1. The highest BCUT2D eigenvalue weighted by Gasteiger charge is 2.13. The van der Waals surface area contributed by atoms with Crippen LogP contribution in [0.2, 0.25) is 0 Å². The summed E-state index contributed by atoms with van der Waals surface area (Å²) >= 11 is 0. The van der Waals surface area contributed by atoms with Gasteiger partial charge in [0.15, 0.2) is 0 Å². The van der Waals surface area contributed by atoms with Crippen molar-refractivity contribution in [2.75, 3.05) is 35.7 Å². The molecule has 0 aliphatic rings. The number of ether oxygens (including phenoxy) is 1. The molecule has 0 bridgehead atoms. The van der Waals surface area contributed by atoms with Crippen LogP contribution in [0.5, 0.6) is 5.75 Å². The van der Waals surface area contributed by atoms with Gasteiger partial charge in [0.25, 0.3) is 0 Å². The maximum atomic E-state index is 12.5. The molecule has 25 heavy (non-hydrogen) atoms. The van der Waals surface area contributed by atoms with Crippen molar-refractivity contribution in [1.82, 2.24) is 0 Å². The Bertz CT molecular complexity index is 732. The predicted molar refractivity (Wildman–Crippen MR) is 100 cm³/mol. The number of amides is 2. The Morgan fingerprint density at radius 3 is 2.40 bits per heavy atom. The topological polar surface area (TPSA) is 70.7 Å². The molecule has 0 heterocycles. The highest BCUT2D eigenvalue weighted by atomic mass is 16.5. The van der Waals surface area contributed by atoms with Gasteiger partial charge in [0.2, 0.25) is 11.8 Å². The van der Waals surface area contributed by atoms with Crippen LogP contribution in [-0.2, 0) is 9.59 Å². The van der Waals surface area contributed by atoms with Gasteiger partial charge in [-0.05, 0) is 37.3 Å². The van der Waals surface area contributed by atoms with Crippen molar-refractivity contribution in [2.45, 2.75) is 13.8 Å². The Morgan fingerprint density at radius 1 is 1.08 bits per heavy atom. The molecule has 2 aromatic rings. The summed E-state index contributed by atoms with van der Waals surface area (Å²) in [6, 6.07) is 14.9. The van der Waals surface area contributed by atoms with E-state index in [1.807, 2.05) is 42.2 Å². The van der Waals surface area contributed by atoms with Crippen LogP contribution in [0.3, 0.4) is 0 Å². The molecule has 2 amide bonds. The number of hydrogen-bond donors (Lipinski definition) is 2. The van der Waals surface area contributed by atoms with E-state index in [0.717, 1.165) is 5.69 Å². The summed E-state index contributed by atoms with van der Waals surface area (Å²) in [6.07, 6.45) is 0. The van der Waals surface area contributed by atoms with Gasteiger partial charge in [0.1, 0.15) is 5.75 Å². The van der Waals surface area contributed by atoms with Crippen molar-refractivity contribution in [3.63, 3.8) is 0 Å². The number of likely N-dealkylation sites (N-methyl/N-ethyl adjacent to an activating group) is 1. The minimum Gasteiger partial charge on any atom is -0.495 e. The molecule has 0 radical (unpaired) electrons. The van der Waals surface area contributed by atoms with Crippen LogP contribution < -0.4 is 20.3 Å². The minimum atomic E-state index is -0.177. The molecule has 0 spiro atoms. The van der Waals surface area contributed by atoms with Crippen molar-refractivity contribution >= 4 is 28.9 Å². The Morgan fingerprint density at radius 2 is 1.80 bits per heavy atom. The number of nitrogens with zero attached hydrogens (tertiary/aromatic N) is 1. The SMILES string of the molecule is CCN(CC(=O)Nc1cc(NC(C)=O)ccc1OC)c1ccccc1. The fourth-order valence-electron chi connectivity index (χ4n) is 2.47. The molecule has 0 aliphatic carbocycles. The molecule has 0 fully saturated rings. The van der Waals surface area contributed by atoms with Crippen LogP contribution in [0.4, 0.5) is 17.1 Å². The third-order valence-electron chi connectivity index (χ3n) is 3.63. The van der Waals surface area contributed by atoms with E-state index in [1.165, 1.54) is 14.0 Å². The molecule has 2 aromatic carbocycles. The van der Waals surface area contributed by atoms with E-state index < -0.39 is 0 Å². The Labute approximate surface area is 147 Å². The van der Waals surface area contributed by atoms with Crippen LogP contribution in [-0.4, -0.2) is 32.0 Å². The molecule has 0 atom stereocenters. The fraction of sp³-hybridized carbons (Fsp3) is 0.263. The summed E-state index contributed by atoms with van der Waals surface area (Å²) < 4.78 is 5.28. The lowest BCUT2D eigenvalue weighted by atomic mass is 10.2. The van der Waals surface area contributed by atoms with E-state index >= 15 is 0 Å². The second-order valence-corrected chi connectivity index (χ2v) is 5.49. The van der Waals surface area contributed by atoms with E-state index in [0.29, 0.717) is 23.7 Å².